The Balaban J connectivity index is 2.65. The van der Waals surface area contributed by atoms with Gasteiger partial charge in [-0.15, -0.1) is 0 Å². The zero-order valence-corrected chi connectivity index (χ0v) is 8.15. The fourth-order valence-electron chi connectivity index (χ4n) is 0.892. The second-order valence-corrected chi connectivity index (χ2v) is 3.11. The largest absolute Gasteiger partial charge is 0.507 e. The third-order valence-corrected chi connectivity index (χ3v) is 1.54. The summed E-state index contributed by atoms with van der Waals surface area (Å²) in [5.74, 6) is -0.505. The Bertz CT molecular complexity index is 323. The SMILES string of the molecule is CC(C)ONC(=O)c1ccccc1O. The fraction of sp³-hybridized carbons (Fsp3) is 0.300. The molecule has 76 valence electrons. The topological polar surface area (TPSA) is 58.6 Å². The van der Waals surface area contributed by atoms with Gasteiger partial charge in [0.1, 0.15) is 5.75 Å². The Morgan fingerprint density at radius 3 is 2.64 bits per heavy atom. The molecule has 1 aromatic rings. The molecule has 0 radical (unpaired) electrons. The van der Waals surface area contributed by atoms with E-state index in [9.17, 15) is 9.90 Å². The third-order valence-electron chi connectivity index (χ3n) is 1.54. The average Bonchev–Trinajstić information content (AvgIpc) is 2.15. The maximum atomic E-state index is 11.4. The van der Waals surface area contributed by atoms with Crippen molar-refractivity contribution in [2.24, 2.45) is 0 Å². The molecule has 4 nitrogen and oxygen atoms in total. The van der Waals surface area contributed by atoms with Crippen LogP contribution in [0.4, 0.5) is 0 Å². The minimum atomic E-state index is -0.447. The first kappa shape index (κ1) is 10.5. The van der Waals surface area contributed by atoms with Crippen LogP contribution in [-0.2, 0) is 4.84 Å². The van der Waals surface area contributed by atoms with Crippen LogP contribution in [0.15, 0.2) is 24.3 Å². The van der Waals surface area contributed by atoms with Crippen molar-refractivity contribution in [2.75, 3.05) is 0 Å². The number of benzene rings is 1. The predicted octanol–water partition coefficient (Wildman–Crippen LogP) is 1.46. The minimum Gasteiger partial charge on any atom is -0.507 e. The highest BCUT2D eigenvalue weighted by Gasteiger charge is 2.10. The van der Waals surface area contributed by atoms with Gasteiger partial charge in [0.05, 0.1) is 11.7 Å². The number of nitrogens with one attached hydrogen (secondary N) is 1. The van der Waals surface area contributed by atoms with Gasteiger partial charge in [-0.2, -0.15) is 0 Å². The molecule has 0 aromatic heterocycles. The summed E-state index contributed by atoms with van der Waals surface area (Å²) in [6.07, 6.45) is -0.0928. The summed E-state index contributed by atoms with van der Waals surface area (Å²) < 4.78 is 0. The van der Waals surface area contributed by atoms with Gasteiger partial charge in [-0.25, -0.2) is 5.48 Å². The number of hydrogen-bond acceptors (Lipinski definition) is 3. The van der Waals surface area contributed by atoms with Crippen LogP contribution in [0.1, 0.15) is 24.2 Å². The number of phenolic OH excluding ortho intramolecular Hbond substituents is 1. The molecular formula is C10H13NO3. The molecule has 0 aliphatic rings. The zero-order chi connectivity index (χ0) is 10.6. The summed E-state index contributed by atoms with van der Waals surface area (Å²) in [6, 6.07) is 6.29. The minimum absolute atomic E-state index is 0.0580. The Morgan fingerprint density at radius 2 is 2.07 bits per heavy atom. The van der Waals surface area contributed by atoms with E-state index in [4.69, 9.17) is 4.84 Å². The number of hydroxylamine groups is 1. The van der Waals surface area contributed by atoms with Gasteiger partial charge in [-0.1, -0.05) is 12.1 Å². The number of carbonyl (C=O) groups is 1. The van der Waals surface area contributed by atoms with Gasteiger partial charge in [-0.3, -0.25) is 9.63 Å². The highest BCUT2D eigenvalue weighted by atomic mass is 16.7. The molecule has 4 heteroatoms. The molecule has 1 aromatic carbocycles. The summed E-state index contributed by atoms with van der Waals surface area (Å²) in [5.41, 5.74) is 2.44. The molecule has 0 saturated heterocycles. The summed E-state index contributed by atoms with van der Waals surface area (Å²) >= 11 is 0. The molecular weight excluding hydrogens is 182 g/mol. The van der Waals surface area contributed by atoms with E-state index in [2.05, 4.69) is 5.48 Å². The molecule has 14 heavy (non-hydrogen) atoms. The zero-order valence-electron chi connectivity index (χ0n) is 8.15. The number of rotatable bonds is 3. The standard InChI is InChI=1S/C10H13NO3/c1-7(2)14-11-10(13)8-5-3-4-6-9(8)12/h3-7,12H,1-2H3,(H,11,13). The van der Waals surface area contributed by atoms with E-state index in [0.29, 0.717) is 0 Å². The van der Waals surface area contributed by atoms with Crippen molar-refractivity contribution in [3.8, 4) is 5.75 Å². The molecule has 0 saturated carbocycles. The molecule has 1 rings (SSSR count). The first-order valence-corrected chi connectivity index (χ1v) is 4.35. The summed E-state index contributed by atoms with van der Waals surface area (Å²) in [4.78, 5) is 16.3. The number of hydrogen-bond donors (Lipinski definition) is 2. The van der Waals surface area contributed by atoms with E-state index in [1.165, 1.54) is 12.1 Å². The van der Waals surface area contributed by atoms with Gasteiger partial charge in [0.2, 0.25) is 0 Å². The molecule has 0 unspecified atom stereocenters. The van der Waals surface area contributed by atoms with E-state index < -0.39 is 5.91 Å². The normalized spacial score (nSPS) is 10.2. The summed E-state index contributed by atoms with van der Waals surface area (Å²) in [6.45, 7) is 3.59. The van der Waals surface area contributed by atoms with Crippen molar-refractivity contribution in [3.05, 3.63) is 29.8 Å². The number of para-hydroxylation sites is 1. The maximum absolute atomic E-state index is 11.4. The van der Waals surface area contributed by atoms with Crippen LogP contribution in [-0.4, -0.2) is 17.1 Å². The number of phenols is 1. The van der Waals surface area contributed by atoms with E-state index >= 15 is 0 Å². The highest BCUT2D eigenvalue weighted by molar-refractivity contribution is 5.96. The molecule has 0 spiro atoms. The fourth-order valence-corrected chi connectivity index (χ4v) is 0.892. The third kappa shape index (κ3) is 2.74. The molecule has 0 atom stereocenters. The van der Waals surface area contributed by atoms with Crippen LogP contribution in [0.2, 0.25) is 0 Å². The van der Waals surface area contributed by atoms with E-state index in [-0.39, 0.29) is 17.4 Å². The lowest BCUT2D eigenvalue weighted by atomic mass is 10.2. The molecule has 1 amide bonds. The summed E-state index contributed by atoms with van der Waals surface area (Å²) in [5, 5.41) is 9.33. The maximum Gasteiger partial charge on any atom is 0.278 e. The first-order valence-electron chi connectivity index (χ1n) is 4.35. The van der Waals surface area contributed by atoms with E-state index in [1.807, 2.05) is 0 Å². The van der Waals surface area contributed by atoms with Crippen LogP contribution in [0, 0.1) is 0 Å². The van der Waals surface area contributed by atoms with Crippen molar-refractivity contribution in [3.63, 3.8) is 0 Å². The number of amides is 1. The smallest absolute Gasteiger partial charge is 0.278 e. The Labute approximate surface area is 82.5 Å². The van der Waals surface area contributed by atoms with Gasteiger partial charge in [-0.05, 0) is 26.0 Å². The first-order chi connectivity index (χ1) is 6.61. The highest BCUT2D eigenvalue weighted by Crippen LogP contribution is 2.14. The average molecular weight is 195 g/mol. The second kappa shape index (κ2) is 4.62. The number of carbonyl (C=O) groups excluding carboxylic acids is 1. The van der Waals surface area contributed by atoms with Crippen LogP contribution < -0.4 is 5.48 Å². The Morgan fingerprint density at radius 1 is 1.43 bits per heavy atom. The quantitative estimate of drug-likeness (QED) is 0.718. The van der Waals surface area contributed by atoms with Crippen molar-refractivity contribution in [2.45, 2.75) is 20.0 Å². The van der Waals surface area contributed by atoms with Gasteiger partial charge in [0, 0.05) is 0 Å². The van der Waals surface area contributed by atoms with Crippen LogP contribution in [0.3, 0.4) is 0 Å². The van der Waals surface area contributed by atoms with Crippen molar-refractivity contribution >= 4 is 5.91 Å². The lowest BCUT2D eigenvalue weighted by molar-refractivity contribution is 0.0000356. The molecule has 0 heterocycles. The monoisotopic (exact) mass is 195 g/mol. The number of aromatic hydroxyl groups is 1. The van der Waals surface area contributed by atoms with Gasteiger partial charge in [0.15, 0.2) is 0 Å². The predicted molar refractivity (Wildman–Crippen MR) is 51.8 cm³/mol. The molecule has 0 aliphatic heterocycles. The Kier molecular flexibility index (Phi) is 3.48. The van der Waals surface area contributed by atoms with Crippen molar-refractivity contribution in [1.29, 1.82) is 0 Å². The van der Waals surface area contributed by atoms with Crippen LogP contribution in [0.25, 0.3) is 0 Å². The summed E-state index contributed by atoms with van der Waals surface area (Å²) in [7, 11) is 0. The molecule has 0 aliphatic carbocycles. The lowest BCUT2D eigenvalue weighted by Crippen LogP contribution is -2.26. The lowest BCUT2D eigenvalue weighted by Gasteiger charge is -2.08. The van der Waals surface area contributed by atoms with Gasteiger partial charge in [0.25, 0.3) is 5.91 Å². The molecule has 2 N–H and O–H groups in total. The van der Waals surface area contributed by atoms with E-state index in [0.717, 1.165) is 0 Å². The van der Waals surface area contributed by atoms with Gasteiger partial charge >= 0.3 is 0 Å². The van der Waals surface area contributed by atoms with Crippen LogP contribution in [0.5, 0.6) is 5.75 Å². The Hall–Kier alpha value is -1.55. The van der Waals surface area contributed by atoms with Crippen molar-refractivity contribution in [1.82, 2.24) is 5.48 Å². The van der Waals surface area contributed by atoms with Crippen LogP contribution >= 0.6 is 0 Å². The molecule has 0 bridgehead atoms. The molecule has 0 fully saturated rings. The second-order valence-electron chi connectivity index (χ2n) is 3.11. The van der Waals surface area contributed by atoms with Crippen molar-refractivity contribution < 1.29 is 14.7 Å². The van der Waals surface area contributed by atoms with E-state index in [1.54, 1.807) is 26.0 Å². The van der Waals surface area contributed by atoms with Gasteiger partial charge < -0.3 is 5.11 Å².